The number of nitrogens with zero attached hydrogens (tertiary/aromatic N) is 3. The SMILES string of the molecule is C=C.C=C/C(=C\C)c1cccc(C(C)=Nc2ccccc2C(C#CC)c2ccc(-c3nc(-c4ccc(-c5ccc6ccccc6c5)cc4)c(C=C)c(-c4ccccc4C)n3)cc2)c1. The third kappa shape index (κ3) is 9.37. The highest BCUT2D eigenvalue weighted by molar-refractivity contribution is 6.01. The molecule has 306 valence electrons. The standard InChI is InChI=1S/C58H47N3.C2H4/c1-7-18-53(54-25-15-16-26-55(54)59-40(6)47-22-17-23-48(37-47)41(8-2)9-3)44-30-34-46(35-31-44)58-60-56(51(10-4)57(61-58)52-24-14-11-19-39(52)5)45-32-27-43(28-33-45)50-36-29-42-20-12-13-21-49(42)38-50;1-2/h8-17,19-38,53H,2,4H2,1,3,5-6H3;1-2H2/b41-9+,59-40?;. The largest absolute Gasteiger partial charge is 0.253 e. The van der Waals surface area contributed by atoms with Gasteiger partial charge in [0.05, 0.1) is 23.0 Å². The number of hydrogen-bond acceptors (Lipinski definition) is 3. The van der Waals surface area contributed by atoms with Crippen LogP contribution >= 0.6 is 0 Å². The van der Waals surface area contributed by atoms with Gasteiger partial charge in [0.15, 0.2) is 5.82 Å². The second-order valence-corrected chi connectivity index (χ2v) is 15.1. The van der Waals surface area contributed by atoms with Crippen LogP contribution < -0.4 is 0 Å². The van der Waals surface area contributed by atoms with Gasteiger partial charge < -0.3 is 0 Å². The van der Waals surface area contributed by atoms with Crippen LogP contribution in [-0.2, 0) is 0 Å². The zero-order valence-corrected chi connectivity index (χ0v) is 36.6. The van der Waals surface area contributed by atoms with E-state index in [0.717, 1.165) is 84.0 Å². The maximum absolute atomic E-state index is 5.28. The summed E-state index contributed by atoms with van der Waals surface area (Å²) in [6.07, 6.45) is 5.84. The molecule has 1 aromatic heterocycles. The molecular weight excluding hydrogens is 763 g/mol. The number of para-hydroxylation sites is 1. The van der Waals surface area contributed by atoms with Gasteiger partial charge in [-0.1, -0.05) is 183 Å². The van der Waals surface area contributed by atoms with Crippen molar-refractivity contribution in [2.24, 2.45) is 4.99 Å². The maximum atomic E-state index is 5.28. The summed E-state index contributed by atoms with van der Waals surface area (Å²) in [5.41, 5.74) is 16.2. The summed E-state index contributed by atoms with van der Waals surface area (Å²) in [6, 6.07) is 57.3. The first-order chi connectivity index (χ1) is 30.9. The Morgan fingerprint density at radius 1 is 0.635 bits per heavy atom. The van der Waals surface area contributed by atoms with Crippen molar-refractivity contribution in [3.05, 3.63) is 236 Å². The molecule has 7 aromatic carbocycles. The topological polar surface area (TPSA) is 38.1 Å². The van der Waals surface area contributed by atoms with Crippen LogP contribution in [0.25, 0.3) is 67.5 Å². The first-order valence-electron chi connectivity index (χ1n) is 21.2. The summed E-state index contributed by atoms with van der Waals surface area (Å²) in [6.45, 7) is 22.3. The minimum Gasteiger partial charge on any atom is -0.253 e. The molecule has 0 saturated heterocycles. The molecule has 3 heteroatoms. The van der Waals surface area contributed by atoms with Crippen LogP contribution in [0.3, 0.4) is 0 Å². The van der Waals surface area contributed by atoms with E-state index in [4.69, 9.17) is 15.0 Å². The Hall–Kier alpha value is -7.93. The Labute approximate surface area is 373 Å². The van der Waals surface area contributed by atoms with Crippen molar-refractivity contribution in [3.8, 4) is 56.9 Å². The summed E-state index contributed by atoms with van der Waals surface area (Å²) >= 11 is 0. The monoisotopic (exact) mass is 813 g/mol. The van der Waals surface area contributed by atoms with E-state index in [1.54, 1.807) is 0 Å². The van der Waals surface area contributed by atoms with E-state index in [1.165, 1.54) is 16.3 Å². The molecule has 8 aromatic rings. The zero-order chi connectivity index (χ0) is 44.3. The van der Waals surface area contributed by atoms with E-state index in [0.29, 0.717) is 5.82 Å². The lowest BCUT2D eigenvalue weighted by atomic mass is 9.89. The normalized spacial score (nSPS) is 11.7. The van der Waals surface area contributed by atoms with Crippen LogP contribution in [0, 0.1) is 18.8 Å². The molecular formula is C60H51N3. The van der Waals surface area contributed by atoms with Crippen molar-refractivity contribution < 1.29 is 0 Å². The Kier molecular flexibility index (Phi) is 13.8. The summed E-state index contributed by atoms with van der Waals surface area (Å²) in [5, 5.41) is 2.45. The number of rotatable bonds is 11. The van der Waals surface area contributed by atoms with Crippen molar-refractivity contribution in [2.75, 3.05) is 0 Å². The lowest BCUT2D eigenvalue weighted by Crippen LogP contribution is -2.03. The highest BCUT2D eigenvalue weighted by Crippen LogP contribution is 2.37. The predicted molar refractivity (Wildman–Crippen MR) is 271 cm³/mol. The Morgan fingerprint density at radius 2 is 1.27 bits per heavy atom. The van der Waals surface area contributed by atoms with Gasteiger partial charge in [0.2, 0.25) is 0 Å². The van der Waals surface area contributed by atoms with Gasteiger partial charge in [-0.25, -0.2) is 9.97 Å². The van der Waals surface area contributed by atoms with Crippen LogP contribution in [0.15, 0.2) is 207 Å². The van der Waals surface area contributed by atoms with E-state index in [1.807, 2.05) is 32.1 Å². The summed E-state index contributed by atoms with van der Waals surface area (Å²) in [7, 11) is 0. The number of benzene rings is 7. The van der Waals surface area contributed by atoms with Crippen LogP contribution in [-0.4, -0.2) is 15.7 Å². The van der Waals surface area contributed by atoms with Crippen molar-refractivity contribution in [1.29, 1.82) is 0 Å². The number of allylic oxidation sites excluding steroid dienone is 3. The Balaban J connectivity index is 0.00000293. The van der Waals surface area contributed by atoms with Crippen molar-refractivity contribution >= 4 is 33.8 Å². The highest BCUT2D eigenvalue weighted by atomic mass is 14.9. The van der Waals surface area contributed by atoms with Gasteiger partial charge in [-0.05, 0) is 101 Å². The number of aryl methyl sites for hydroxylation is 1. The second kappa shape index (κ2) is 20.1. The second-order valence-electron chi connectivity index (χ2n) is 15.1. The molecule has 0 aliphatic carbocycles. The van der Waals surface area contributed by atoms with Gasteiger partial charge in [0.25, 0.3) is 0 Å². The van der Waals surface area contributed by atoms with Gasteiger partial charge in [-0.2, -0.15) is 0 Å². The highest BCUT2D eigenvalue weighted by Gasteiger charge is 2.20. The predicted octanol–water partition coefficient (Wildman–Crippen LogP) is 15.9. The van der Waals surface area contributed by atoms with E-state index in [2.05, 4.69) is 216 Å². The minimum absolute atomic E-state index is 0.197. The minimum atomic E-state index is -0.197. The fraction of sp³-hybridized carbons (Fsp3) is 0.0833. The van der Waals surface area contributed by atoms with Gasteiger partial charge >= 0.3 is 0 Å². The first-order valence-corrected chi connectivity index (χ1v) is 21.2. The maximum Gasteiger partial charge on any atom is 0.160 e. The first kappa shape index (κ1) is 43.2. The molecule has 0 radical (unpaired) electrons. The lowest BCUT2D eigenvalue weighted by molar-refractivity contribution is 1.06. The quantitative estimate of drug-likeness (QED) is 0.0565. The molecule has 0 spiro atoms. The third-order valence-electron chi connectivity index (χ3n) is 11.3. The summed E-state index contributed by atoms with van der Waals surface area (Å²) in [4.78, 5) is 15.7. The fourth-order valence-electron chi connectivity index (χ4n) is 7.96. The van der Waals surface area contributed by atoms with Crippen molar-refractivity contribution in [1.82, 2.24) is 9.97 Å². The van der Waals surface area contributed by atoms with E-state index < -0.39 is 0 Å². The van der Waals surface area contributed by atoms with Gasteiger partial charge in [0, 0.05) is 28.0 Å². The van der Waals surface area contributed by atoms with Crippen molar-refractivity contribution in [3.63, 3.8) is 0 Å². The van der Waals surface area contributed by atoms with Crippen LogP contribution in [0.4, 0.5) is 5.69 Å². The molecule has 0 aliphatic heterocycles. The molecule has 1 heterocycles. The lowest BCUT2D eigenvalue weighted by Gasteiger charge is -2.17. The average Bonchev–Trinajstić information content (AvgIpc) is 3.34. The van der Waals surface area contributed by atoms with Crippen molar-refractivity contribution in [2.45, 2.75) is 33.6 Å². The van der Waals surface area contributed by atoms with Gasteiger partial charge in [-0.15, -0.1) is 19.1 Å². The summed E-state index contributed by atoms with van der Waals surface area (Å²) in [5.74, 6) is 7.14. The fourth-order valence-corrected chi connectivity index (χ4v) is 7.96. The number of aromatic nitrogens is 2. The zero-order valence-electron chi connectivity index (χ0n) is 36.6. The summed E-state index contributed by atoms with van der Waals surface area (Å²) < 4.78 is 0. The molecule has 0 fully saturated rings. The molecule has 3 nitrogen and oxygen atoms in total. The van der Waals surface area contributed by atoms with Crippen LogP contribution in [0.2, 0.25) is 0 Å². The molecule has 0 amide bonds. The molecule has 0 bridgehead atoms. The van der Waals surface area contributed by atoms with E-state index >= 15 is 0 Å². The third-order valence-corrected chi connectivity index (χ3v) is 11.3. The van der Waals surface area contributed by atoms with E-state index in [-0.39, 0.29) is 5.92 Å². The molecule has 1 unspecified atom stereocenters. The van der Waals surface area contributed by atoms with Crippen LogP contribution in [0.1, 0.15) is 60.1 Å². The smallest absolute Gasteiger partial charge is 0.160 e. The molecule has 63 heavy (non-hydrogen) atoms. The number of fused-ring (bicyclic) bond motifs is 1. The molecule has 0 N–H and O–H groups in total. The van der Waals surface area contributed by atoms with Crippen LogP contribution in [0.5, 0.6) is 0 Å². The van der Waals surface area contributed by atoms with E-state index in [9.17, 15) is 0 Å². The van der Waals surface area contributed by atoms with Gasteiger partial charge in [0.1, 0.15) is 0 Å². The molecule has 1 atom stereocenters. The molecule has 8 rings (SSSR count). The average molecular weight is 814 g/mol. The number of hydrogen-bond donors (Lipinski definition) is 0. The number of aliphatic imine (C=N–C) groups is 1. The Bertz CT molecular complexity index is 3060. The Morgan fingerprint density at radius 3 is 1.98 bits per heavy atom. The molecule has 0 aliphatic rings. The van der Waals surface area contributed by atoms with Gasteiger partial charge in [-0.3, -0.25) is 4.99 Å². The molecule has 0 saturated carbocycles.